The Morgan fingerprint density at radius 2 is 2.12 bits per heavy atom. The van der Waals surface area contributed by atoms with Gasteiger partial charge in [0.05, 0.1) is 17.3 Å². The number of rotatable bonds is 3. The van der Waals surface area contributed by atoms with Crippen molar-refractivity contribution in [2.75, 3.05) is 10.6 Å². The Balaban J connectivity index is 1.64. The molecule has 0 saturated heterocycles. The number of benzene rings is 1. The number of hydrogen-bond donors (Lipinski definition) is 2. The van der Waals surface area contributed by atoms with Crippen LogP contribution < -0.4 is 10.6 Å². The minimum absolute atomic E-state index is 0.148. The molecule has 1 unspecified atom stereocenters. The molecule has 2 N–H and O–H groups in total. The Bertz CT molecular complexity index is 936. The highest BCUT2D eigenvalue weighted by Gasteiger charge is 2.29. The van der Waals surface area contributed by atoms with E-state index >= 15 is 0 Å². The number of halogens is 1. The molecule has 0 bridgehead atoms. The molecule has 7 nitrogen and oxygen atoms in total. The fourth-order valence-electron chi connectivity index (χ4n) is 2.63. The van der Waals surface area contributed by atoms with Crippen molar-refractivity contribution < 1.29 is 9.59 Å². The Morgan fingerprint density at radius 1 is 1.32 bits per heavy atom. The number of nitrogens with zero attached hydrogens (tertiary/aromatic N) is 3. The van der Waals surface area contributed by atoms with Gasteiger partial charge >= 0.3 is 0 Å². The minimum Gasteiger partial charge on any atom is -0.295 e. The monoisotopic (exact) mass is 373 g/mol. The summed E-state index contributed by atoms with van der Waals surface area (Å²) in [6.45, 7) is 0. The molecule has 1 aliphatic rings. The normalized spacial score (nSPS) is 16.2. The lowest BCUT2D eigenvalue weighted by atomic mass is 10.0. The van der Waals surface area contributed by atoms with Crippen molar-refractivity contribution in [2.45, 2.75) is 12.5 Å². The van der Waals surface area contributed by atoms with Crippen LogP contribution in [-0.4, -0.2) is 26.6 Å². The van der Waals surface area contributed by atoms with Crippen molar-refractivity contribution in [1.29, 1.82) is 0 Å². The second-order valence-corrected chi connectivity index (χ2v) is 6.84. The van der Waals surface area contributed by atoms with Crippen molar-refractivity contribution in [3.05, 3.63) is 57.2 Å². The van der Waals surface area contributed by atoms with Gasteiger partial charge in [-0.05, 0) is 29.1 Å². The summed E-state index contributed by atoms with van der Waals surface area (Å²) in [6.07, 6.45) is 0.232. The maximum atomic E-state index is 12.1. The van der Waals surface area contributed by atoms with Crippen LogP contribution in [0.2, 0.25) is 5.02 Å². The van der Waals surface area contributed by atoms with E-state index in [0.717, 1.165) is 5.56 Å². The fraction of sp³-hybridized carbons (Fsp3) is 0.125. The maximum absolute atomic E-state index is 12.1. The van der Waals surface area contributed by atoms with Crippen LogP contribution >= 0.6 is 22.9 Å². The van der Waals surface area contributed by atoms with E-state index in [2.05, 4.69) is 20.7 Å². The Hall–Kier alpha value is -2.71. The lowest BCUT2D eigenvalue weighted by molar-refractivity contribution is -0.117. The van der Waals surface area contributed by atoms with Crippen molar-refractivity contribution in [2.24, 2.45) is 0 Å². The first-order valence-electron chi connectivity index (χ1n) is 7.47. The number of thiophene rings is 1. The van der Waals surface area contributed by atoms with Crippen molar-refractivity contribution in [3.63, 3.8) is 0 Å². The molecule has 4 rings (SSSR count). The van der Waals surface area contributed by atoms with Gasteiger partial charge < -0.3 is 0 Å². The van der Waals surface area contributed by atoms with E-state index in [1.807, 2.05) is 17.5 Å². The van der Waals surface area contributed by atoms with Crippen LogP contribution in [0.3, 0.4) is 0 Å². The van der Waals surface area contributed by atoms with Crippen LogP contribution in [0.4, 0.5) is 11.9 Å². The molecule has 1 aromatic carbocycles. The molecule has 0 aliphatic carbocycles. The van der Waals surface area contributed by atoms with Gasteiger partial charge in [-0.25, -0.2) is 4.68 Å². The molecule has 1 aliphatic heterocycles. The second kappa shape index (κ2) is 6.30. The highest BCUT2D eigenvalue weighted by Crippen LogP contribution is 2.30. The largest absolute Gasteiger partial charge is 0.295 e. The van der Waals surface area contributed by atoms with Gasteiger partial charge in [0.2, 0.25) is 11.9 Å². The summed E-state index contributed by atoms with van der Waals surface area (Å²) in [5.41, 5.74) is 0.890. The van der Waals surface area contributed by atoms with Crippen LogP contribution in [-0.2, 0) is 4.79 Å². The van der Waals surface area contributed by atoms with E-state index in [1.165, 1.54) is 11.3 Å². The molecular weight excluding hydrogens is 362 g/mol. The van der Waals surface area contributed by atoms with Crippen molar-refractivity contribution in [3.8, 4) is 0 Å². The van der Waals surface area contributed by atoms with Gasteiger partial charge in [0.25, 0.3) is 11.9 Å². The molecule has 0 saturated carbocycles. The zero-order chi connectivity index (χ0) is 17.4. The van der Waals surface area contributed by atoms with Gasteiger partial charge in [0.15, 0.2) is 0 Å². The highest BCUT2D eigenvalue weighted by molar-refractivity contribution is 7.12. The highest BCUT2D eigenvalue weighted by atomic mass is 35.5. The molecular formula is C16H12ClN5O2S. The molecule has 25 heavy (non-hydrogen) atoms. The summed E-state index contributed by atoms with van der Waals surface area (Å²) < 4.78 is 1.61. The van der Waals surface area contributed by atoms with E-state index in [4.69, 9.17) is 11.6 Å². The Kier molecular flexibility index (Phi) is 3.98. The lowest BCUT2D eigenvalue weighted by Gasteiger charge is -2.23. The molecule has 0 fully saturated rings. The number of fused-ring (bicyclic) bond motifs is 1. The number of hydrogen-bond acceptors (Lipinski definition) is 5. The Morgan fingerprint density at radius 3 is 2.84 bits per heavy atom. The van der Waals surface area contributed by atoms with Gasteiger partial charge in [0, 0.05) is 5.02 Å². The van der Waals surface area contributed by atoms with Crippen LogP contribution in [0, 0.1) is 0 Å². The predicted octanol–water partition coefficient (Wildman–Crippen LogP) is 3.18. The van der Waals surface area contributed by atoms with Crippen LogP contribution in [0.25, 0.3) is 0 Å². The Labute approximate surface area is 151 Å². The first kappa shape index (κ1) is 15.8. The molecule has 2 aromatic heterocycles. The number of aromatic nitrogens is 3. The standard InChI is InChI=1S/C16H12ClN5O2S/c17-10-5-3-9(4-6-10)11-8-13(23)18-16-20-15(21-22(11)16)19-14(24)12-2-1-7-25-12/h1-7,11H,8H2,(H2,18,19,20,21,23,24). The van der Waals surface area contributed by atoms with Gasteiger partial charge in [0.1, 0.15) is 0 Å². The first-order chi connectivity index (χ1) is 12.1. The maximum Gasteiger partial charge on any atom is 0.268 e. The lowest BCUT2D eigenvalue weighted by Crippen LogP contribution is -2.29. The zero-order valence-electron chi connectivity index (χ0n) is 12.8. The second-order valence-electron chi connectivity index (χ2n) is 5.45. The van der Waals surface area contributed by atoms with E-state index in [0.29, 0.717) is 15.8 Å². The van der Waals surface area contributed by atoms with Gasteiger partial charge in [-0.2, -0.15) is 4.98 Å². The molecule has 1 atom stereocenters. The van der Waals surface area contributed by atoms with Gasteiger partial charge in [-0.3, -0.25) is 20.2 Å². The SMILES string of the molecule is O=C1CC(c2ccc(Cl)cc2)n2nc(NC(=O)c3cccs3)nc2N1. The van der Waals surface area contributed by atoms with E-state index in [1.54, 1.807) is 28.9 Å². The topological polar surface area (TPSA) is 88.9 Å². The predicted molar refractivity (Wildman–Crippen MR) is 95.1 cm³/mol. The molecule has 0 spiro atoms. The van der Waals surface area contributed by atoms with Gasteiger partial charge in [-0.1, -0.05) is 29.8 Å². The van der Waals surface area contributed by atoms with E-state index < -0.39 is 0 Å². The number of carbonyl (C=O) groups excluding carboxylic acids is 2. The average molecular weight is 374 g/mol. The summed E-state index contributed by atoms with van der Waals surface area (Å²) >= 11 is 7.26. The fourth-order valence-corrected chi connectivity index (χ4v) is 3.38. The summed E-state index contributed by atoms with van der Waals surface area (Å²) in [5, 5.41) is 12.1. The summed E-state index contributed by atoms with van der Waals surface area (Å²) in [6, 6.07) is 10.4. The van der Waals surface area contributed by atoms with Crippen LogP contribution in [0.5, 0.6) is 0 Å². The van der Waals surface area contributed by atoms with Crippen LogP contribution in [0.1, 0.15) is 27.7 Å². The minimum atomic E-state index is -0.305. The smallest absolute Gasteiger partial charge is 0.268 e. The third-order valence-corrected chi connectivity index (χ3v) is 4.90. The first-order valence-corrected chi connectivity index (χ1v) is 8.72. The van der Waals surface area contributed by atoms with Crippen LogP contribution in [0.15, 0.2) is 41.8 Å². The van der Waals surface area contributed by atoms with Gasteiger partial charge in [-0.15, -0.1) is 16.4 Å². The molecule has 9 heteroatoms. The molecule has 126 valence electrons. The summed E-state index contributed by atoms with van der Waals surface area (Å²) in [5.74, 6) is 0.00976. The number of carbonyl (C=O) groups is 2. The average Bonchev–Trinajstić information content (AvgIpc) is 3.24. The third kappa shape index (κ3) is 3.13. The molecule has 3 aromatic rings. The number of amides is 2. The van der Waals surface area contributed by atoms with Crippen molar-refractivity contribution in [1.82, 2.24) is 14.8 Å². The number of anilines is 2. The van der Waals surface area contributed by atoms with Crippen molar-refractivity contribution >= 4 is 46.6 Å². The quantitative estimate of drug-likeness (QED) is 0.738. The summed E-state index contributed by atoms with van der Waals surface area (Å²) in [4.78, 5) is 28.9. The third-order valence-electron chi connectivity index (χ3n) is 3.78. The van der Waals surface area contributed by atoms with E-state index in [-0.39, 0.29) is 30.2 Å². The summed E-state index contributed by atoms with van der Waals surface area (Å²) in [7, 11) is 0. The molecule has 0 radical (unpaired) electrons. The zero-order valence-corrected chi connectivity index (χ0v) is 14.3. The molecule has 3 heterocycles. The molecule has 2 amide bonds. The van der Waals surface area contributed by atoms with E-state index in [9.17, 15) is 9.59 Å². The number of nitrogens with one attached hydrogen (secondary N) is 2.